The summed E-state index contributed by atoms with van der Waals surface area (Å²) in [7, 11) is 0. The van der Waals surface area contributed by atoms with Crippen LogP contribution >= 0.6 is 11.6 Å². The maximum absolute atomic E-state index is 12.2. The fourth-order valence-corrected chi connectivity index (χ4v) is 2.87. The van der Waals surface area contributed by atoms with Crippen molar-refractivity contribution in [2.45, 2.75) is 13.5 Å². The van der Waals surface area contributed by atoms with Gasteiger partial charge in [0.15, 0.2) is 6.61 Å². The Hall–Kier alpha value is -2.86. The molecule has 1 aliphatic rings. The van der Waals surface area contributed by atoms with Crippen LogP contribution in [-0.4, -0.2) is 22.7 Å². The molecule has 0 saturated heterocycles. The van der Waals surface area contributed by atoms with Gasteiger partial charge >= 0.3 is 0 Å². The number of anilines is 1. The van der Waals surface area contributed by atoms with Gasteiger partial charge in [0.1, 0.15) is 12.3 Å². The third-order valence-corrected chi connectivity index (χ3v) is 4.14. The molecule has 6 nitrogen and oxygen atoms in total. The van der Waals surface area contributed by atoms with Crippen molar-refractivity contribution in [2.75, 3.05) is 11.5 Å². The monoisotopic (exact) mass is 355 g/mol. The van der Waals surface area contributed by atoms with E-state index in [0.717, 1.165) is 11.1 Å². The Bertz CT molecular complexity index is 954. The summed E-state index contributed by atoms with van der Waals surface area (Å²) in [5.74, 6) is 1.24. The van der Waals surface area contributed by atoms with Crippen molar-refractivity contribution >= 4 is 23.2 Å². The van der Waals surface area contributed by atoms with E-state index < -0.39 is 0 Å². The molecule has 1 aromatic heterocycles. The van der Waals surface area contributed by atoms with Crippen LogP contribution in [0.5, 0.6) is 5.75 Å². The molecule has 25 heavy (non-hydrogen) atoms. The highest BCUT2D eigenvalue weighted by molar-refractivity contribution is 6.30. The Morgan fingerprint density at radius 3 is 2.96 bits per heavy atom. The zero-order chi connectivity index (χ0) is 17.4. The molecule has 0 aliphatic carbocycles. The molecule has 0 fully saturated rings. The SMILES string of the molecule is Cc1cccc(-c2noc(CN3C(=O)COc4cc(Cl)ccc43)n2)c1. The Labute approximate surface area is 149 Å². The van der Waals surface area contributed by atoms with Crippen molar-refractivity contribution in [3.63, 3.8) is 0 Å². The number of rotatable bonds is 3. The number of carbonyl (C=O) groups is 1. The second kappa shape index (κ2) is 6.22. The number of halogens is 1. The average Bonchev–Trinajstić information content (AvgIpc) is 3.06. The minimum Gasteiger partial charge on any atom is -0.482 e. The van der Waals surface area contributed by atoms with Crippen LogP contribution in [0.1, 0.15) is 11.5 Å². The number of carbonyl (C=O) groups excluding carboxylic acids is 1. The summed E-state index contributed by atoms with van der Waals surface area (Å²) < 4.78 is 10.8. The van der Waals surface area contributed by atoms with E-state index in [9.17, 15) is 4.79 Å². The molecule has 2 heterocycles. The van der Waals surface area contributed by atoms with Gasteiger partial charge in [-0.1, -0.05) is 40.5 Å². The van der Waals surface area contributed by atoms with Crippen molar-refractivity contribution in [1.29, 1.82) is 0 Å². The molecule has 126 valence electrons. The van der Waals surface area contributed by atoms with Crippen LogP contribution in [0.15, 0.2) is 47.0 Å². The normalized spacial score (nSPS) is 13.5. The zero-order valence-electron chi connectivity index (χ0n) is 13.4. The topological polar surface area (TPSA) is 68.5 Å². The van der Waals surface area contributed by atoms with Gasteiger partial charge in [-0.15, -0.1) is 0 Å². The van der Waals surface area contributed by atoms with Crippen molar-refractivity contribution in [3.05, 3.63) is 58.9 Å². The third-order valence-electron chi connectivity index (χ3n) is 3.90. The number of hydrogen-bond acceptors (Lipinski definition) is 5. The highest BCUT2D eigenvalue weighted by Gasteiger charge is 2.27. The molecule has 1 amide bonds. The summed E-state index contributed by atoms with van der Waals surface area (Å²) in [6, 6.07) is 13.0. The van der Waals surface area contributed by atoms with E-state index in [1.54, 1.807) is 23.1 Å². The first kappa shape index (κ1) is 15.7. The predicted molar refractivity (Wildman–Crippen MR) is 92.6 cm³/mol. The van der Waals surface area contributed by atoms with E-state index in [-0.39, 0.29) is 19.1 Å². The van der Waals surface area contributed by atoms with Gasteiger partial charge in [0.2, 0.25) is 11.7 Å². The third kappa shape index (κ3) is 3.08. The lowest BCUT2D eigenvalue weighted by molar-refractivity contribution is -0.121. The van der Waals surface area contributed by atoms with Crippen LogP contribution in [0.4, 0.5) is 5.69 Å². The standard InChI is InChI=1S/C18H14ClN3O3/c1-11-3-2-4-12(7-11)18-20-16(25-21-18)9-22-14-6-5-13(19)8-15(14)24-10-17(22)23/h2-8H,9-10H2,1H3. The van der Waals surface area contributed by atoms with Crippen LogP contribution < -0.4 is 9.64 Å². The first-order valence-corrected chi connectivity index (χ1v) is 8.10. The molecule has 0 atom stereocenters. The highest BCUT2D eigenvalue weighted by Crippen LogP contribution is 2.35. The zero-order valence-corrected chi connectivity index (χ0v) is 14.2. The molecule has 0 N–H and O–H groups in total. The fraction of sp³-hybridized carbons (Fsp3) is 0.167. The van der Waals surface area contributed by atoms with Gasteiger partial charge in [0, 0.05) is 16.7 Å². The molecule has 0 spiro atoms. The van der Waals surface area contributed by atoms with E-state index in [0.29, 0.717) is 28.2 Å². The maximum atomic E-state index is 12.2. The van der Waals surface area contributed by atoms with E-state index >= 15 is 0 Å². The Morgan fingerprint density at radius 1 is 1.24 bits per heavy atom. The molecule has 4 rings (SSSR count). The van der Waals surface area contributed by atoms with Gasteiger partial charge in [-0.3, -0.25) is 9.69 Å². The first-order valence-electron chi connectivity index (χ1n) is 7.72. The summed E-state index contributed by atoms with van der Waals surface area (Å²) in [5.41, 5.74) is 2.62. The average molecular weight is 356 g/mol. The molecule has 0 radical (unpaired) electrons. The maximum Gasteiger partial charge on any atom is 0.265 e. The molecular weight excluding hydrogens is 342 g/mol. The molecule has 0 bridgehead atoms. The smallest absolute Gasteiger partial charge is 0.265 e. The van der Waals surface area contributed by atoms with Crippen molar-refractivity contribution in [3.8, 4) is 17.1 Å². The van der Waals surface area contributed by atoms with Gasteiger partial charge in [-0.25, -0.2) is 0 Å². The van der Waals surface area contributed by atoms with Crippen molar-refractivity contribution in [1.82, 2.24) is 10.1 Å². The Balaban J connectivity index is 1.62. The summed E-state index contributed by atoms with van der Waals surface area (Å²) in [4.78, 5) is 18.2. The van der Waals surface area contributed by atoms with Crippen molar-refractivity contribution < 1.29 is 14.1 Å². The van der Waals surface area contributed by atoms with Gasteiger partial charge in [0.05, 0.1) is 5.69 Å². The lowest BCUT2D eigenvalue weighted by Gasteiger charge is -2.28. The number of benzene rings is 2. The number of aryl methyl sites for hydroxylation is 1. The number of ether oxygens (including phenoxy) is 1. The van der Waals surface area contributed by atoms with E-state index in [1.807, 2.05) is 31.2 Å². The minimum absolute atomic E-state index is 0.0494. The second-order valence-electron chi connectivity index (χ2n) is 5.76. The summed E-state index contributed by atoms with van der Waals surface area (Å²) in [6.45, 7) is 2.13. The second-order valence-corrected chi connectivity index (χ2v) is 6.20. The van der Waals surface area contributed by atoms with Crippen LogP contribution in [-0.2, 0) is 11.3 Å². The van der Waals surface area contributed by atoms with E-state index in [4.69, 9.17) is 20.9 Å². The Kier molecular flexibility index (Phi) is 3.89. The lowest BCUT2D eigenvalue weighted by Crippen LogP contribution is -2.38. The highest BCUT2D eigenvalue weighted by atomic mass is 35.5. The van der Waals surface area contributed by atoms with Crippen LogP contribution in [0, 0.1) is 6.92 Å². The number of nitrogens with zero attached hydrogens (tertiary/aromatic N) is 3. The van der Waals surface area contributed by atoms with E-state index in [2.05, 4.69) is 10.1 Å². The number of fused-ring (bicyclic) bond motifs is 1. The molecular formula is C18H14ClN3O3. The lowest BCUT2D eigenvalue weighted by atomic mass is 10.1. The summed E-state index contributed by atoms with van der Waals surface area (Å²) in [6.07, 6.45) is 0. The van der Waals surface area contributed by atoms with Crippen LogP contribution in [0.2, 0.25) is 5.02 Å². The van der Waals surface area contributed by atoms with Crippen LogP contribution in [0.25, 0.3) is 11.4 Å². The van der Waals surface area contributed by atoms with Crippen molar-refractivity contribution in [2.24, 2.45) is 0 Å². The van der Waals surface area contributed by atoms with Gasteiger partial charge in [-0.05, 0) is 25.1 Å². The van der Waals surface area contributed by atoms with E-state index in [1.165, 1.54) is 0 Å². The molecule has 0 unspecified atom stereocenters. The number of amides is 1. The summed E-state index contributed by atoms with van der Waals surface area (Å²) in [5, 5.41) is 4.56. The predicted octanol–water partition coefficient (Wildman–Crippen LogP) is 3.62. The fourth-order valence-electron chi connectivity index (χ4n) is 2.71. The number of aromatic nitrogens is 2. The first-order chi connectivity index (χ1) is 12.1. The largest absolute Gasteiger partial charge is 0.482 e. The molecule has 3 aromatic rings. The van der Waals surface area contributed by atoms with Gasteiger partial charge in [-0.2, -0.15) is 4.98 Å². The summed E-state index contributed by atoms with van der Waals surface area (Å²) >= 11 is 5.98. The minimum atomic E-state index is -0.176. The molecule has 0 saturated carbocycles. The Morgan fingerprint density at radius 2 is 2.12 bits per heavy atom. The van der Waals surface area contributed by atoms with Gasteiger partial charge in [0.25, 0.3) is 5.91 Å². The van der Waals surface area contributed by atoms with Crippen LogP contribution in [0.3, 0.4) is 0 Å². The van der Waals surface area contributed by atoms with Gasteiger partial charge < -0.3 is 9.26 Å². The molecule has 1 aliphatic heterocycles. The molecule has 7 heteroatoms. The number of hydrogen-bond donors (Lipinski definition) is 0. The quantitative estimate of drug-likeness (QED) is 0.717. The molecule has 2 aromatic carbocycles.